The molecule has 0 saturated carbocycles. The van der Waals surface area contributed by atoms with Gasteiger partial charge in [-0.2, -0.15) is 0 Å². The highest BCUT2D eigenvalue weighted by molar-refractivity contribution is 6.10. The number of pyridine rings is 1. The Morgan fingerprint density at radius 3 is 2.44 bits per heavy atom. The summed E-state index contributed by atoms with van der Waals surface area (Å²) in [6.07, 6.45) is 2.17. The standard InChI is InChI=1S/C30H24F2N2O2/c1-20-30(28(35)15-11-21-10-13-25(31)26(32)17-21)24-18-23(36-19-22-7-3-2-4-8-22)12-14-27(24)34(20)29-9-5-6-16-33-29/h2-10,12-14,16-18H,11,15,19H2,1H3. The molecule has 0 aliphatic carbocycles. The van der Waals surface area contributed by atoms with Crippen molar-refractivity contribution in [3.05, 3.63) is 125 Å². The molecule has 0 saturated heterocycles. The van der Waals surface area contributed by atoms with Crippen molar-refractivity contribution >= 4 is 16.7 Å². The molecule has 0 spiro atoms. The molecule has 4 nitrogen and oxygen atoms in total. The van der Waals surface area contributed by atoms with Gasteiger partial charge in [0.15, 0.2) is 17.4 Å². The van der Waals surface area contributed by atoms with Gasteiger partial charge in [-0.3, -0.25) is 9.36 Å². The lowest BCUT2D eigenvalue weighted by Gasteiger charge is -2.08. The highest BCUT2D eigenvalue weighted by atomic mass is 19.2. The van der Waals surface area contributed by atoms with Crippen molar-refractivity contribution in [2.45, 2.75) is 26.4 Å². The first kappa shape index (κ1) is 23.4. The summed E-state index contributed by atoms with van der Waals surface area (Å²) in [7, 11) is 0. The number of fused-ring (bicyclic) bond motifs is 1. The SMILES string of the molecule is Cc1c(C(=O)CCc2ccc(F)c(F)c2)c2cc(OCc3ccccc3)ccc2n1-c1ccccn1. The molecule has 2 heterocycles. The Bertz CT molecular complexity index is 1530. The van der Waals surface area contributed by atoms with E-state index in [-0.39, 0.29) is 12.2 Å². The summed E-state index contributed by atoms with van der Waals surface area (Å²) in [4.78, 5) is 18.0. The molecule has 0 aliphatic heterocycles. The average Bonchev–Trinajstić information content (AvgIpc) is 3.20. The maximum Gasteiger partial charge on any atom is 0.165 e. The number of ketones is 1. The number of aryl methyl sites for hydroxylation is 1. The van der Waals surface area contributed by atoms with Gasteiger partial charge in [0.2, 0.25) is 0 Å². The summed E-state index contributed by atoms with van der Waals surface area (Å²) in [6, 6.07) is 24.9. The van der Waals surface area contributed by atoms with Crippen molar-refractivity contribution < 1.29 is 18.3 Å². The van der Waals surface area contributed by atoms with Gasteiger partial charge < -0.3 is 4.74 Å². The summed E-state index contributed by atoms with van der Waals surface area (Å²) in [5, 5.41) is 0.763. The minimum atomic E-state index is -0.914. The monoisotopic (exact) mass is 482 g/mol. The number of carbonyl (C=O) groups excluding carboxylic acids is 1. The highest BCUT2D eigenvalue weighted by Gasteiger charge is 2.22. The van der Waals surface area contributed by atoms with Crippen LogP contribution in [0.15, 0.2) is 91.1 Å². The molecular formula is C30H24F2N2O2. The van der Waals surface area contributed by atoms with E-state index in [9.17, 15) is 13.6 Å². The number of halogens is 2. The summed E-state index contributed by atoms with van der Waals surface area (Å²) >= 11 is 0. The Kier molecular flexibility index (Phi) is 6.58. The molecule has 0 aliphatic rings. The van der Waals surface area contributed by atoms with Crippen LogP contribution in [-0.4, -0.2) is 15.3 Å². The lowest BCUT2D eigenvalue weighted by molar-refractivity contribution is 0.0983. The maximum absolute atomic E-state index is 13.6. The Morgan fingerprint density at radius 1 is 0.889 bits per heavy atom. The first-order valence-electron chi connectivity index (χ1n) is 11.7. The molecule has 0 radical (unpaired) electrons. The number of carbonyl (C=O) groups is 1. The predicted octanol–water partition coefficient (Wildman–Crippen LogP) is 7.01. The van der Waals surface area contributed by atoms with Gasteiger partial charge in [0.05, 0.1) is 5.52 Å². The Balaban J connectivity index is 1.51. The van der Waals surface area contributed by atoms with Crippen LogP contribution in [0.1, 0.15) is 33.6 Å². The lowest BCUT2D eigenvalue weighted by atomic mass is 10.00. The van der Waals surface area contributed by atoms with Crippen molar-refractivity contribution in [3.8, 4) is 11.6 Å². The van der Waals surface area contributed by atoms with Gasteiger partial charge in [-0.1, -0.05) is 42.5 Å². The Labute approximate surface area is 207 Å². The first-order chi connectivity index (χ1) is 17.5. The maximum atomic E-state index is 13.6. The van der Waals surface area contributed by atoms with Gasteiger partial charge in [0.25, 0.3) is 0 Å². The lowest BCUT2D eigenvalue weighted by Crippen LogP contribution is -2.05. The predicted molar refractivity (Wildman–Crippen MR) is 136 cm³/mol. The zero-order valence-corrected chi connectivity index (χ0v) is 19.7. The molecule has 0 atom stereocenters. The van der Waals surface area contributed by atoms with Crippen LogP contribution in [0.4, 0.5) is 8.78 Å². The van der Waals surface area contributed by atoms with Gasteiger partial charge >= 0.3 is 0 Å². The molecule has 0 unspecified atom stereocenters. The first-order valence-corrected chi connectivity index (χ1v) is 11.7. The third-order valence-electron chi connectivity index (χ3n) is 6.21. The largest absolute Gasteiger partial charge is 0.489 e. The van der Waals surface area contributed by atoms with Crippen molar-refractivity contribution in [1.82, 2.24) is 9.55 Å². The summed E-state index contributed by atoms with van der Waals surface area (Å²) in [5.41, 5.74) is 3.79. The molecule has 36 heavy (non-hydrogen) atoms. The molecule has 2 aromatic heterocycles. The van der Waals surface area contributed by atoms with E-state index < -0.39 is 11.6 Å². The average molecular weight is 483 g/mol. The normalized spacial score (nSPS) is 11.1. The van der Waals surface area contributed by atoms with E-state index >= 15 is 0 Å². The number of aromatic nitrogens is 2. The van der Waals surface area contributed by atoms with Crippen LogP contribution < -0.4 is 4.74 Å². The number of Topliss-reactive ketones (excluding diaryl/α,β-unsaturated/α-hetero) is 1. The van der Waals surface area contributed by atoms with Crippen molar-refractivity contribution in [3.63, 3.8) is 0 Å². The van der Waals surface area contributed by atoms with Gasteiger partial charge in [-0.15, -0.1) is 0 Å². The Hall–Kier alpha value is -4.32. The molecule has 5 rings (SSSR count). The van der Waals surface area contributed by atoms with E-state index in [1.165, 1.54) is 6.07 Å². The number of benzene rings is 3. The third kappa shape index (κ3) is 4.75. The van der Waals surface area contributed by atoms with Crippen LogP contribution in [0.2, 0.25) is 0 Å². The van der Waals surface area contributed by atoms with Crippen LogP contribution in [0.3, 0.4) is 0 Å². The zero-order chi connectivity index (χ0) is 25.1. The quantitative estimate of drug-likeness (QED) is 0.224. The van der Waals surface area contributed by atoms with Gasteiger partial charge in [-0.25, -0.2) is 13.8 Å². The van der Waals surface area contributed by atoms with E-state index in [4.69, 9.17) is 4.74 Å². The van der Waals surface area contributed by atoms with Gasteiger partial charge in [0, 0.05) is 29.3 Å². The fraction of sp³-hybridized carbons (Fsp3) is 0.133. The van der Waals surface area contributed by atoms with Crippen molar-refractivity contribution in [1.29, 1.82) is 0 Å². The van der Waals surface area contributed by atoms with E-state index in [0.29, 0.717) is 35.7 Å². The fourth-order valence-electron chi connectivity index (χ4n) is 4.44. The van der Waals surface area contributed by atoms with E-state index in [1.54, 1.807) is 6.20 Å². The second-order valence-electron chi connectivity index (χ2n) is 8.61. The molecule has 3 aromatic carbocycles. The topological polar surface area (TPSA) is 44.1 Å². The molecular weight excluding hydrogens is 458 g/mol. The highest BCUT2D eigenvalue weighted by Crippen LogP contribution is 2.33. The molecule has 0 amide bonds. The number of nitrogens with zero attached hydrogens (tertiary/aromatic N) is 2. The van der Waals surface area contributed by atoms with E-state index in [1.807, 2.05) is 78.2 Å². The minimum absolute atomic E-state index is 0.0860. The van der Waals surface area contributed by atoms with Crippen LogP contribution in [-0.2, 0) is 13.0 Å². The number of ether oxygens (including phenoxy) is 1. The molecule has 0 bridgehead atoms. The Morgan fingerprint density at radius 2 is 1.69 bits per heavy atom. The van der Waals surface area contributed by atoms with Crippen molar-refractivity contribution in [2.75, 3.05) is 0 Å². The van der Waals surface area contributed by atoms with E-state index in [0.717, 1.165) is 34.3 Å². The number of hydrogen-bond acceptors (Lipinski definition) is 3. The molecule has 0 fully saturated rings. The smallest absolute Gasteiger partial charge is 0.165 e. The second kappa shape index (κ2) is 10.1. The van der Waals surface area contributed by atoms with Crippen LogP contribution in [0.5, 0.6) is 5.75 Å². The number of hydrogen-bond donors (Lipinski definition) is 0. The molecule has 6 heteroatoms. The van der Waals surface area contributed by atoms with Gasteiger partial charge in [-0.05, 0) is 66.9 Å². The molecule has 5 aromatic rings. The van der Waals surface area contributed by atoms with E-state index in [2.05, 4.69) is 4.98 Å². The molecule has 180 valence electrons. The molecule has 0 N–H and O–H groups in total. The summed E-state index contributed by atoms with van der Waals surface area (Å²) in [5.74, 6) is -0.542. The summed E-state index contributed by atoms with van der Waals surface area (Å²) < 4.78 is 34.9. The van der Waals surface area contributed by atoms with Gasteiger partial charge in [0.1, 0.15) is 18.2 Å². The van der Waals surface area contributed by atoms with Crippen LogP contribution >= 0.6 is 0 Å². The van der Waals surface area contributed by atoms with Crippen molar-refractivity contribution in [2.24, 2.45) is 0 Å². The fourth-order valence-corrected chi connectivity index (χ4v) is 4.44. The minimum Gasteiger partial charge on any atom is -0.489 e. The zero-order valence-electron chi connectivity index (χ0n) is 19.7. The van der Waals surface area contributed by atoms with Crippen LogP contribution in [0, 0.1) is 18.6 Å². The number of rotatable bonds is 8. The van der Waals surface area contributed by atoms with Crippen LogP contribution in [0.25, 0.3) is 16.7 Å². The summed E-state index contributed by atoms with van der Waals surface area (Å²) in [6.45, 7) is 2.30. The second-order valence-corrected chi connectivity index (χ2v) is 8.61. The third-order valence-corrected chi connectivity index (χ3v) is 6.21.